The van der Waals surface area contributed by atoms with Gasteiger partial charge in [0.05, 0.1) is 7.11 Å². The van der Waals surface area contributed by atoms with E-state index in [0.717, 1.165) is 17.1 Å². The molecule has 1 rings (SSSR count). The Morgan fingerprint density at radius 2 is 1.81 bits per heavy atom. The first kappa shape index (κ1) is 14.3. The van der Waals surface area contributed by atoms with Gasteiger partial charge in [-0.2, -0.15) is 0 Å². The fraction of sp³-hybridized carbons (Fsp3) is 0.500. The number of rotatable bonds is 3. The minimum atomic E-state index is -1.03. The lowest BCUT2D eigenvalue weighted by atomic mass is 10.2. The Balaban J connectivity index is 0.00000106. The van der Waals surface area contributed by atoms with Crippen molar-refractivity contribution in [2.75, 3.05) is 13.7 Å². The van der Waals surface area contributed by atoms with Crippen molar-refractivity contribution >= 4 is 17.8 Å². The number of amides is 2. The number of methoxy groups -OCH3 is 1. The van der Waals surface area contributed by atoms with Crippen molar-refractivity contribution in [3.63, 3.8) is 0 Å². The topological polar surface area (TPSA) is 89.7 Å². The Morgan fingerprint density at radius 3 is 2.12 bits per heavy atom. The van der Waals surface area contributed by atoms with Crippen molar-refractivity contribution in [2.24, 2.45) is 5.73 Å². The summed E-state index contributed by atoms with van der Waals surface area (Å²) >= 11 is 0. The molecule has 6 heteroatoms. The molecule has 1 aliphatic heterocycles. The summed E-state index contributed by atoms with van der Waals surface area (Å²) in [6.45, 7) is 3.85. The van der Waals surface area contributed by atoms with Crippen LogP contribution in [0.3, 0.4) is 0 Å². The lowest BCUT2D eigenvalue weighted by Gasteiger charge is -2.21. The van der Waals surface area contributed by atoms with E-state index in [1.165, 1.54) is 7.11 Å². The maximum Gasteiger partial charge on any atom is 0.330 e. The van der Waals surface area contributed by atoms with Gasteiger partial charge in [-0.25, -0.2) is 4.79 Å². The molecular formula is C10H16N2O4. The van der Waals surface area contributed by atoms with Gasteiger partial charge in [0.1, 0.15) is 6.04 Å². The van der Waals surface area contributed by atoms with Gasteiger partial charge in [-0.1, -0.05) is 13.8 Å². The van der Waals surface area contributed by atoms with Gasteiger partial charge in [0.15, 0.2) is 0 Å². The van der Waals surface area contributed by atoms with E-state index in [1.807, 2.05) is 13.8 Å². The number of hydrogen-bond acceptors (Lipinski definition) is 5. The lowest BCUT2D eigenvalue weighted by Crippen LogP contribution is -2.49. The first-order valence-corrected chi connectivity index (χ1v) is 4.95. The van der Waals surface area contributed by atoms with Crippen LogP contribution in [0.2, 0.25) is 0 Å². The van der Waals surface area contributed by atoms with Crippen LogP contribution in [0.25, 0.3) is 0 Å². The van der Waals surface area contributed by atoms with E-state index in [-0.39, 0.29) is 6.54 Å². The van der Waals surface area contributed by atoms with Crippen LogP contribution in [0.15, 0.2) is 12.2 Å². The number of esters is 1. The highest BCUT2D eigenvalue weighted by molar-refractivity contribution is 6.14. The van der Waals surface area contributed by atoms with Gasteiger partial charge in [-0.3, -0.25) is 14.5 Å². The SMILES string of the molecule is CC.COC(=O)C(CN)N1C(=O)C=CC1=O. The van der Waals surface area contributed by atoms with E-state index < -0.39 is 23.8 Å². The molecule has 0 aliphatic carbocycles. The zero-order chi connectivity index (χ0) is 12.7. The fourth-order valence-electron chi connectivity index (χ4n) is 1.16. The van der Waals surface area contributed by atoms with Crippen molar-refractivity contribution in [2.45, 2.75) is 19.9 Å². The summed E-state index contributed by atoms with van der Waals surface area (Å²) in [6, 6.07) is -1.03. The van der Waals surface area contributed by atoms with Crippen LogP contribution in [0.5, 0.6) is 0 Å². The molecule has 1 heterocycles. The maximum atomic E-state index is 11.2. The number of carbonyl (C=O) groups is 3. The van der Waals surface area contributed by atoms with Gasteiger partial charge in [0, 0.05) is 18.7 Å². The zero-order valence-corrected chi connectivity index (χ0v) is 9.60. The van der Waals surface area contributed by atoms with Crippen LogP contribution in [-0.4, -0.2) is 42.4 Å². The Bertz CT molecular complexity index is 294. The van der Waals surface area contributed by atoms with Crippen molar-refractivity contribution in [1.29, 1.82) is 0 Å². The molecule has 0 saturated heterocycles. The highest BCUT2D eigenvalue weighted by Gasteiger charge is 2.35. The monoisotopic (exact) mass is 228 g/mol. The molecule has 0 aromatic carbocycles. The van der Waals surface area contributed by atoms with E-state index >= 15 is 0 Å². The molecule has 1 aliphatic rings. The molecule has 0 aromatic heterocycles. The highest BCUT2D eigenvalue weighted by Crippen LogP contribution is 2.09. The summed E-state index contributed by atoms with van der Waals surface area (Å²) < 4.78 is 4.42. The standard InChI is InChI=1S/C8H10N2O4.C2H6/c1-14-8(13)5(4-9)10-6(11)2-3-7(10)12;1-2/h2-3,5H,4,9H2,1H3;1-2H3. The average Bonchev–Trinajstić information content (AvgIpc) is 2.64. The van der Waals surface area contributed by atoms with Crippen molar-refractivity contribution in [3.8, 4) is 0 Å². The molecule has 0 saturated carbocycles. The second kappa shape index (κ2) is 6.73. The van der Waals surface area contributed by atoms with Gasteiger partial charge in [-0.05, 0) is 0 Å². The Morgan fingerprint density at radius 1 is 1.38 bits per heavy atom. The van der Waals surface area contributed by atoms with Gasteiger partial charge in [0.25, 0.3) is 11.8 Å². The smallest absolute Gasteiger partial charge is 0.330 e. The minimum absolute atomic E-state index is 0.147. The predicted molar refractivity (Wildman–Crippen MR) is 57.2 cm³/mol. The molecule has 90 valence electrons. The van der Waals surface area contributed by atoms with E-state index in [4.69, 9.17) is 5.73 Å². The Kier molecular flexibility index (Phi) is 6.02. The van der Waals surface area contributed by atoms with Crippen molar-refractivity contribution in [3.05, 3.63) is 12.2 Å². The average molecular weight is 228 g/mol. The third-order valence-electron chi connectivity index (χ3n) is 1.85. The number of nitrogens with zero attached hydrogens (tertiary/aromatic N) is 1. The Hall–Kier alpha value is -1.69. The zero-order valence-electron chi connectivity index (χ0n) is 9.60. The van der Waals surface area contributed by atoms with E-state index in [2.05, 4.69) is 4.74 Å². The summed E-state index contributed by atoms with van der Waals surface area (Å²) in [5.41, 5.74) is 5.28. The highest BCUT2D eigenvalue weighted by atomic mass is 16.5. The van der Waals surface area contributed by atoms with Gasteiger partial charge < -0.3 is 10.5 Å². The van der Waals surface area contributed by atoms with E-state index in [1.54, 1.807) is 0 Å². The molecule has 1 atom stereocenters. The number of ether oxygens (including phenoxy) is 1. The van der Waals surface area contributed by atoms with Crippen molar-refractivity contribution in [1.82, 2.24) is 4.90 Å². The van der Waals surface area contributed by atoms with Gasteiger partial charge in [-0.15, -0.1) is 0 Å². The largest absolute Gasteiger partial charge is 0.467 e. The third-order valence-corrected chi connectivity index (χ3v) is 1.85. The second-order valence-corrected chi connectivity index (χ2v) is 2.65. The summed E-state index contributed by atoms with van der Waals surface area (Å²) in [6.07, 6.45) is 2.18. The first-order chi connectivity index (χ1) is 7.61. The first-order valence-electron chi connectivity index (χ1n) is 4.95. The van der Waals surface area contributed by atoms with Crippen LogP contribution in [0.4, 0.5) is 0 Å². The molecule has 0 aromatic rings. The second-order valence-electron chi connectivity index (χ2n) is 2.65. The minimum Gasteiger partial charge on any atom is -0.467 e. The fourth-order valence-corrected chi connectivity index (χ4v) is 1.16. The van der Waals surface area contributed by atoms with E-state index in [0.29, 0.717) is 0 Å². The molecule has 1 unspecified atom stereocenters. The quantitative estimate of drug-likeness (QED) is 0.516. The van der Waals surface area contributed by atoms with Crippen LogP contribution in [0.1, 0.15) is 13.8 Å². The summed E-state index contributed by atoms with van der Waals surface area (Å²) in [4.78, 5) is 34.2. The van der Waals surface area contributed by atoms with Crippen molar-refractivity contribution < 1.29 is 19.1 Å². The summed E-state index contributed by atoms with van der Waals surface area (Å²) in [5.74, 6) is -1.79. The van der Waals surface area contributed by atoms with Gasteiger partial charge in [0.2, 0.25) is 0 Å². The van der Waals surface area contributed by atoms with Crippen LogP contribution in [0, 0.1) is 0 Å². The normalized spacial score (nSPS) is 15.6. The number of hydrogen-bond donors (Lipinski definition) is 1. The number of carbonyl (C=O) groups excluding carboxylic acids is 3. The third kappa shape index (κ3) is 2.90. The predicted octanol–water partition coefficient (Wildman–Crippen LogP) is -0.562. The number of imide groups is 1. The molecular weight excluding hydrogens is 212 g/mol. The van der Waals surface area contributed by atoms with Crippen LogP contribution in [-0.2, 0) is 19.1 Å². The molecule has 0 radical (unpaired) electrons. The molecule has 2 amide bonds. The molecule has 2 N–H and O–H groups in total. The van der Waals surface area contributed by atoms with Crippen LogP contribution < -0.4 is 5.73 Å². The summed E-state index contributed by atoms with van der Waals surface area (Å²) in [7, 11) is 1.17. The summed E-state index contributed by atoms with van der Waals surface area (Å²) in [5, 5.41) is 0. The maximum absolute atomic E-state index is 11.2. The van der Waals surface area contributed by atoms with E-state index in [9.17, 15) is 14.4 Å². The number of nitrogens with two attached hydrogens (primary N) is 1. The molecule has 16 heavy (non-hydrogen) atoms. The Labute approximate surface area is 94.0 Å². The molecule has 0 spiro atoms. The molecule has 6 nitrogen and oxygen atoms in total. The lowest BCUT2D eigenvalue weighted by molar-refractivity contribution is -0.155. The van der Waals surface area contributed by atoms with Crippen LogP contribution >= 0.6 is 0 Å². The van der Waals surface area contributed by atoms with Gasteiger partial charge >= 0.3 is 5.97 Å². The molecule has 0 fully saturated rings. The molecule has 0 bridgehead atoms.